The maximum Gasteiger partial charge on any atom is 0.137 e. The summed E-state index contributed by atoms with van der Waals surface area (Å²) in [5.41, 5.74) is 1.02. The van der Waals surface area contributed by atoms with Crippen molar-refractivity contribution in [1.82, 2.24) is 9.97 Å². The summed E-state index contributed by atoms with van der Waals surface area (Å²) >= 11 is 6.02. The second-order valence-electron chi connectivity index (χ2n) is 4.60. The fraction of sp³-hybridized carbons (Fsp3) is 0.636. The van der Waals surface area contributed by atoms with Gasteiger partial charge >= 0.3 is 0 Å². The highest BCUT2D eigenvalue weighted by Crippen LogP contribution is 2.40. The van der Waals surface area contributed by atoms with Crippen molar-refractivity contribution in [2.24, 2.45) is 5.92 Å². The van der Waals surface area contributed by atoms with E-state index in [2.05, 4.69) is 14.9 Å². The lowest BCUT2D eigenvalue weighted by atomic mass is 10.1. The van der Waals surface area contributed by atoms with Crippen molar-refractivity contribution < 1.29 is 0 Å². The highest BCUT2D eigenvalue weighted by Gasteiger charge is 2.39. The first-order valence-corrected chi connectivity index (χ1v) is 5.87. The number of rotatable bonds is 1. The largest absolute Gasteiger partial charge is 0.353 e. The number of piperidine rings is 1. The molecular formula is C11H14ClN3. The number of hydrogen-bond donors (Lipinski definition) is 0. The summed E-state index contributed by atoms with van der Waals surface area (Å²) < 4.78 is 0. The van der Waals surface area contributed by atoms with E-state index in [1.807, 2.05) is 6.92 Å². The van der Waals surface area contributed by atoms with Crippen LogP contribution in [-0.4, -0.2) is 22.6 Å². The minimum atomic E-state index is 0.586. The van der Waals surface area contributed by atoms with Gasteiger partial charge in [0.05, 0.1) is 0 Å². The SMILES string of the molecule is Cc1c(Cl)ncnc1N1CC2CCC1C2. The molecule has 3 nitrogen and oxygen atoms in total. The Labute approximate surface area is 94.5 Å². The molecule has 3 rings (SSSR count). The van der Waals surface area contributed by atoms with Crippen LogP contribution in [-0.2, 0) is 0 Å². The lowest BCUT2D eigenvalue weighted by molar-refractivity contribution is 0.549. The van der Waals surface area contributed by atoms with Gasteiger partial charge in [0.25, 0.3) is 0 Å². The van der Waals surface area contributed by atoms with E-state index < -0.39 is 0 Å². The van der Waals surface area contributed by atoms with Gasteiger partial charge in [-0.2, -0.15) is 0 Å². The molecule has 2 unspecified atom stereocenters. The van der Waals surface area contributed by atoms with Gasteiger partial charge in [-0.15, -0.1) is 0 Å². The number of fused-ring (bicyclic) bond motifs is 2. The van der Waals surface area contributed by atoms with E-state index in [0.717, 1.165) is 23.8 Å². The molecule has 0 aromatic carbocycles. The number of anilines is 1. The minimum Gasteiger partial charge on any atom is -0.353 e. The second-order valence-corrected chi connectivity index (χ2v) is 4.96. The third-order valence-corrected chi connectivity index (χ3v) is 4.06. The normalized spacial score (nSPS) is 28.8. The van der Waals surface area contributed by atoms with Crippen LogP contribution in [0.5, 0.6) is 0 Å². The highest BCUT2D eigenvalue weighted by atomic mass is 35.5. The molecule has 0 amide bonds. The van der Waals surface area contributed by atoms with Crippen molar-refractivity contribution >= 4 is 17.4 Å². The van der Waals surface area contributed by atoms with Crippen LogP contribution in [0.4, 0.5) is 5.82 Å². The van der Waals surface area contributed by atoms with E-state index >= 15 is 0 Å². The quantitative estimate of drug-likeness (QED) is 0.685. The van der Waals surface area contributed by atoms with Crippen LogP contribution in [0, 0.1) is 12.8 Å². The number of aromatic nitrogens is 2. The van der Waals surface area contributed by atoms with Crippen LogP contribution in [0.25, 0.3) is 0 Å². The fourth-order valence-corrected chi connectivity index (χ4v) is 3.02. The molecule has 0 N–H and O–H groups in total. The topological polar surface area (TPSA) is 29.0 Å². The van der Waals surface area contributed by atoms with Crippen LogP contribution in [0.1, 0.15) is 24.8 Å². The number of hydrogen-bond acceptors (Lipinski definition) is 3. The van der Waals surface area contributed by atoms with E-state index in [1.165, 1.54) is 19.3 Å². The van der Waals surface area contributed by atoms with Crippen molar-refractivity contribution in [2.45, 2.75) is 32.2 Å². The van der Waals surface area contributed by atoms with Gasteiger partial charge < -0.3 is 4.90 Å². The van der Waals surface area contributed by atoms with Gasteiger partial charge in [0.1, 0.15) is 17.3 Å². The van der Waals surface area contributed by atoms with Crippen molar-refractivity contribution in [1.29, 1.82) is 0 Å². The third kappa shape index (κ3) is 1.41. The average molecular weight is 224 g/mol. The molecule has 2 fully saturated rings. The Morgan fingerprint density at radius 2 is 2.27 bits per heavy atom. The Kier molecular flexibility index (Phi) is 2.09. The molecule has 0 radical (unpaired) electrons. The lowest BCUT2D eigenvalue weighted by Crippen LogP contribution is -2.33. The summed E-state index contributed by atoms with van der Waals surface area (Å²) in [5.74, 6) is 1.92. The zero-order valence-corrected chi connectivity index (χ0v) is 9.54. The minimum absolute atomic E-state index is 0.586. The van der Waals surface area contributed by atoms with Crippen molar-refractivity contribution in [3.8, 4) is 0 Å². The molecule has 15 heavy (non-hydrogen) atoms. The fourth-order valence-electron chi connectivity index (χ4n) is 2.89. The summed E-state index contributed by atoms with van der Waals surface area (Å²) in [6.45, 7) is 3.16. The summed E-state index contributed by atoms with van der Waals surface area (Å²) in [7, 11) is 0. The molecule has 1 aliphatic carbocycles. The summed E-state index contributed by atoms with van der Waals surface area (Å²) in [4.78, 5) is 10.8. The molecule has 4 heteroatoms. The predicted molar refractivity (Wildman–Crippen MR) is 60.3 cm³/mol. The lowest BCUT2D eigenvalue weighted by Gasteiger charge is -2.29. The first-order valence-electron chi connectivity index (χ1n) is 5.49. The molecular weight excluding hydrogens is 210 g/mol. The zero-order valence-electron chi connectivity index (χ0n) is 8.78. The Morgan fingerprint density at radius 3 is 2.93 bits per heavy atom. The van der Waals surface area contributed by atoms with Crippen LogP contribution in [0.15, 0.2) is 6.33 Å². The van der Waals surface area contributed by atoms with Gasteiger partial charge in [-0.25, -0.2) is 9.97 Å². The maximum absolute atomic E-state index is 6.02. The molecule has 2 aliphatic rings. The molecule has 1 saturated carbocycles. The predicted octanol–water partition coefficient (Wildman–Crippen LogP) is 2.43. The van der Waals surface area contributed by atoms with Crippen molar-refractivity contribution in [2.75, 3.05) is 11.4 Å². The van der Waals surface area contributed by atoms with Crippen molar-refractivity contribution in [3.05, 3.63) is 17.0 Å². The van der Waals surface area contributed by atoms with E-state index in [0.29, 0.717) is 11.2 Å². The smallest absolute Gasteiger partial charge is 0.137 e. The Bertz CT molecular complexity index is 393. The first kappa shape index (κ1) is 9.40. The van der Waals surface area contributed by atoms with E-state index in [-0.39, 0.29) is 0 Å². The average Bonchev–Trinajstić information content (AvgIpc) is 2.83. The zero-order chi connectivity index (χ0) is 10.4. The molecule has 2 atom stereocenters. The van der Waals surface area contributed by atoms with Gasteiger partial charge in [0.15, 0.2) is 0 Å². The van der Waals surface area contributed by atoms with E-state index in [1.54, 1.807) is 6.33 Å². The molecule has 1 aromatic rings. The molecule has 2 bridgehead atoms. The van der Waals surface area contributed by atoms with Gasteiger partial charge in [-0.1, -0.05) is 11.6 Å². The highest BCUT2D eigenvalue weighted by molar-refractivity contribution is 6.30. The van der Waals surface area contributed by atoms with Crippen LogP contribution >= 0.6 is 11.6 Å². The second kappa shape index (κ2) is 3.34. The molecule has 0 spiro atoms. The monoisotopic (exact) mass is 223 g/mol. The molecule has 80 valence electrons. The number of nitrogens with zero attached hydrogens (tertiary/aromatic N) is 3. The van der Waals surface area contributed by atoms with Crippen molar-refractivity contribution in [3.63, 3.8) is 0 Å². The molecule has 2 heterocycles. The van der Waals surface area contributed by atoms with Crippen LogP contribution in [0.3, 0.4) is 0 Å². The van der Waals surface area contributed by atoms with Gasteiger partial charge in [-0.05, 0) is 32.1 Å². The molecule has 1 saturated heterocycles. The first-order chi connectivity index (χ1) is 7.25. The summed E-state index contributed by atoms with van der Waals surface area (Å²) in [6.07, 6.45) is 5.60. The molecule has 1 aromatic heterocycles. The van der Waals surface area contributed by atoms with Crippen LogP contribution in [0.2, 0.25) is 5.15 Å². The van der Waals surface area contributed by atoms with Gasteiger partial charge in [0.2, 0.25) is 0 Å². The number of halogens is 1. The van der Waals surface area contributed by atoms with E-state index in [4.69, 9.17) is 11.6 Å². The summed E-state index contributed by atoms with van der Waals surface area (Å²) in [6, 6.07) is 0.694. The Morgan fingerprint density at radius 1 is 1.40 bits per heavy atom. The maximum atomic E-state index is 6.02. The molecule has 1 aliphatic heterocycles. The summed E-state index contributed by atoms with van der Waals surface area (Å²) in [5, 5.41) is 0.586. The standard InChI is InChI=1S/C11H14ClN3/c1-7-10(12)13-6-14-11(7)15-5-8-2-3-9(15)4-8/h6,8-9H,2-5H2,1H3. The van der Waals surface area contributed by atoms with Gasteiger partial charge in [-0.3, -0.25) is 0 Å². The van der Waals surface area contributed by atoms with Gasteiger partial charge in [0, 0.05) is 18.2 Å². The van der Waals surface area contributed by atoms with E-state index in [9.17, 15) is 0 Å². The third-order valence-electron chi connectivity index (χ3n) is 3.68. The Hall–Kier alpha value is -0.830. The Balaban J connectivity index is 1.96. The van der Waals surface area contributed by atoms with Crippen LogP contribution < -0.4 is 4.90 Å².